The smallest absolute Gasteiger partial charge is 0.326 e. The molecule has 0 aromatic heterocycles. The molecule has 1 atom stereocenters. The molecule has 0 aliphatic carbocycles. The Labute approximate surface area is 125 Å². The SMILES string of the molecule is CC(C)C(CNC(=O)N[C@@H](CCC(N)=O)C(=O)O)C(C)C. The minimum atomic E-state index is -1.18. The van der Waals surface area contributed by atoms with Crippen LogP contribution in [0.25, 0.3) is 0 Å². The zero-order valence-corrected chi connectivity index (χ0v) is 13.2. The van der Waals surface area contributed by atoms with E-state index in [1.807, 2.05) is 0 Å². The number of carbonyl (C=O) groups is 3. The van der Waals surface area contributed by atoms with Gasteiger partial charge in [0.1, 0.15) is 6.04 Å². The average Bonchev–Trinajstić information content (AvgIpc) is 2.32. The molecule has 0 radical (unpaired) electrons. The summed E-state index contributed by atoms with van der Waals surface area (Å²) in [7, 11) is 0. The number of nitrogens with two attached hydrogens (primary N) is 1. The summed E-state index contributed by atoms with van der Waals surface area (Å²) in [4.78, 5) is 33.4. The van der Waals surface area contributed by atoms with Crippen LogP contribution in [-0.4, -0.2) is 35.6 Å². The van der Waals surface area contributed by atoms with Crippen molar-refractivity contribution in [2.75, 3.05) is 6.54 Å². The highest BCUT2D eigenvalue weighted by Crippen LogP contribution is 2.19. The number of aliphatic carboxylic acids is 1. The molecule has 7 nitrogen and oxygen atoms in total. The molecule has 0 rings (SSSR count). The summed E-state index contributed by atoms with van der Waals surface area (Å²) in [5, 5.41) is 14.0. The van der Waals surface area contributed by atoms with Crippen LogP contribution in [0.2, 0.25) is 0 Å². The fraction of sp³-hybridized carbons (Fsp3) is 0.786. The van der Waals surface area contributed by atoms with E-state index in [0.29, 0.717) is 24.3 Å². The third kappa shape index (κ3) is 8.16. The van der Waals surface area contributed by atoms with Crippen LogP contribution >= 0.6 is 0 Å². The summed E-state index contributed by atoms with van der Waals surface area (Å²) in [5.41, 5.74) is 4.98. The first-order valence-corrected chi connectivity index (χ1v) is 7.20. The Bertz CT molecular complexity index is 361. The van der Waals surface area contributed by atoms with E-state index in [4.69, 9.17) is 10.8 Å². The standard InChI is InChI=1S/C14H27N3O4/c1-8(2)10(9(3)4)7-16-14(21)17-11(13(19)20)5-6-12(15)18/h8-11H,5-7H2,1-4H3,(H2,15,18)(H,19,20)(H2,16,17,21)/t11-/m0/s1. The van der Waals surface area contributed by atoms with E-state index >= 15 is 0 Å². The first kappa shape index (κ1) is 19.2. The van der Waals surface area contributed by atoms with Crippen LogP contribution in [-0.2, 0) is 9.59 Å². The van der Waals surface area contributed by atoms with Crippen LogP contribution in [0.15, 0.2) is 0 Å². The number of carbonyl (C=O) groups excluding carboxylic acids is 2. The highest BCUT2D eigenvalue weighted by molar-refractivity contribution is 5.83. The van der Waals surface area contributed by atoms with Gasteiger partial charge in [0.25, 0.3) is 0 Å². The Balaban J connectivity index is 4.37. The van der Waals surface area contributed by atoms with E-state index < -0.39 is 23.9 Å². The van der Waals surface area contributed by atoms with E-state index in [-0.39, 0.29) is 12.8 Å². The van der Waals surface area contributed by atoms with Crippen LogP contribution in [0.1, 0.15) is 40.5 Å². The molecule has 0 fully saturated rings. The number of carboxylic acid groups (broad SMARTS) is 1. The molecule has 0 bridgehead atoms. The molecule has 5 N–H and O–H groups in total. The van der Waals surface area contributed by atoms with Crippen LogP contribution < -0.4 is 16.4 Å². The van der Waals surface area contributed by atoms with Crippen LogP contribution in [0.5, 0.6) is 0 Å². The number of carboxylic acids is 1. The number of amides is 3. The largest absolute Gasteiger partial charge is 0.480 e. The molecule has 0 aromatic carbocycles. The summed E-state index contributed by atoms with van der Waals surface area (Å²) in [6, 6.07) is -1.66. The van der Waals surface area contributed by atoms with Gasteiger partial charge in [0.2, 0.25) is 5.91 Å². The van der Waals surface area contributed by atoms with Gasteiger partial charge in [0.15, 0.2) is 0 Å². The molecule has 0 saturated carbocycles. The van der Waals surface area contributed by atoms with Gasteiger partial charge in [-0.15, -0.1) is 0 Å². The van der Waals surface area contributed by atoms with Gasteiger partial charge < -0.3 is 21.5 Å². The lowest BCUT2D eigenvalue weighted by Gasteiger charge is -2.25. The third-order valence-electron chi connectivity index (χ3n) is 3.49. The predicted molar refractivity (Wildman–Crippen MR) is 79.6 cm³/mol. The number of urea groups is 1. The average molecular weight is 301 g/mol. The molecule has 7 heteroatoms. The number of hydrogen-bond donors (Lipinski definition) is 4. The summed E-state index contributed by atoms with van der Waals surface area (Å²) >= 11 is 0. The van der Waals surface area contributed by atoms with Crippen molar-refractivity contribution in [3.63, 3.8) is 0 Å². The van der Waals surface area contributed by atoms with Gasteiger partial charge in [0.05, 0.1) is 0 Å². The molecule has 0 aromatic rings. The normalized spacial score (nSPS) is 12.5. The van der Waals surface area contributed by atoms with Crippen LogP contribution in [0.4, 0.5) is 4.79 Å². The van der Waals surface area contributed by atoms with Gasteiger partial charge in [0, 0.05) is 13.0 Å². The number of hydrogen-bond acceptors (Lipinski definition) is 3. The van der Waals surface area contributed by atoms with Gasteiger partial charge in [-0.2, -0.15) is 0 Å². The van der Waals surface area contributed by atoms with Gasteiger partial charge in [-0.1, -0.05) is 27.7 Å². The lowest BCUT2D eigenvalue weighted by Crippen LogP contribution is -2.48. The Morgan fingerprint density at radius 3 is 2.00 bits per heavy atom. The van der Waals surface area contributed by atoms with Crippen LogP contribution in [0, 0.1) is 17.8 Å². The van der Waals surface area contributed by atoms with E-state index in [0.717, 1.165) is 0 Å². The molecule has 0 unspecified atom stereocenters. The van der Waals surface area contributed by atoms with Gasteiger partial charge >= 0.3 is 12.0 Å². The van der Waals surface area contributed by atoms with Crippen molar-refractivity contribution in [1.29, 1.82) is 0 Å². The Hall–Kier alpha value is -1.79. The fourth-order valence-corrected chi connectivity index (χ4v) is 2.21. The maximum absolute atomic E-state index is 11.8. The second-order valence-corrected chi connectivity index (χ2v) is 5.90. The zero-order valence-electron chi connectivity index (χ0n) is 13.2. The van der Waals surface area contributed by atoms with Crippen LogP contribution in [0.3, 0.4) is 0 Å². The molecule has 0 spiro atoms. The summed E-state index contributed by atoms with van der Waals surface area (Å²) in [5.74, 6) is -0.644. The van der Waals surface area contributed by atoms with Gasteiger partial charge in [-0.05, 0) is 24.2 Å². The van der Waals surface area contributed by atoms with Gasteiger partial charge in [-0.25, -0.2) is 9.59 Å². The Kier molecular flexibility index (Phi) is 8.42. The lowest BCUT2D eigenvalue weighted by atomic mass is 9.85. The monoisotopic (exact) mass is 301 g/mol. The summed E-state index contributed by atoms with van der Waals surface area (Å²) in [6.45, 7) is 8.80. The topological polar surface area (TPSA) is 122 Å². The van der Waals surface area contributed by atoms with Gasteiger partial charge in [-0.3, -0.25) is 4.79 Å². The maximum atomic E-state index is 11.8. The maximum Gasteiger partial charge on any atom is 0.326 e. The quantitative estimate of drug-likeness (QED) is 0.506. The molecule has 0 heterocycles. The first-order chi connectivity index (χ1) is 9.65. The highest BCUT2D eigenvalue weighted by Gasteiger charge is 2.22. The van der Waals surface area contributed by atoms with Crippen molar-refractivity contribution >= 4 is 17.9 Å². The zero-order chi connectivity index (χ0) is 16.6. The minimum Gasteiger partial charge on any atom is -0.480 e. The van der Waals surface area contributed by atoms with E-state index in [1.54, 1.807) is 0 Å². The van der Waals surface area contributed by atoms with E-state index in [9.17, 15) is 14.4 Å². The van der Waals surface area contributed by atoms with Crippen molar-refractivity contribution in [2.24, 2.45) is 23.5 Å². The minimum absolute atomic E-state index is 0.0180. The molecule has 122 valence electrons. The van der Waals surface area contributed by atoms with Crippen molar-refractivity contribution in [3.05, 3.63) is 0 Å². The number of nitrogens with one attached hydrogen (secondary N) is 2. The molecule has 0 aliphatic rings. The lowest BCUT2D eigenvalue weighted by molar-refractivity contribution is -0.139. The molecular formula is C14H27N3O4. The first-order valence-electron chi connectivity index (χ1n) is 7.20. The third-order valence-corrected chi connectivity index (χ3v) is 3.49. The number of primary amides is 1. The van der Waals surface area contributed by atoms with E-state index in [2.05, 4.69) is 38.3 Å². The fourth-order valence-electron chi connectivity index (χ4n) is 2.21. The molecule has 0 aliphatic heterocycles. The van der Waals surface area contributed by atoms with Crippen molar-refractivity contribution in [2.45, 2.75) is 46.6 Å². The highest BCUT2D eigenvalue weighted by atomic mass is 16.4. The molecular weight excluding hydrogens is 274 g/mol. The second-order valence-electron chi connectivity index (χ2n) is 5.90. The molecule has 3 amide bonds. The Morgan fingerprint density at radius 1 is 1.10 bits per heavy atom. The van der Waals surface area contributed by atoms with Crippen molar-refractivity contribution in [1.82, 2.24) is 10.6 Å². The number of rotatable bonds is 9. The van der Waals surface area contributed by atoms with Crippen molar-refractivity contribution in [3.8, 4) is 0 Å². The Morgan fingerprint density at radius 2 is 1.62 bits per heavy atom. The molecule has 21 heavy (non-hydrogen) atoms. The summed E-state index contributed by atoms with van der Waals surface area (Å²) < 4.78 is 0. The van der Waals surface area contributed by atoms with Crippen molar-refractivity contribution < 1.29 is 19.5 Å². The van der Waals surface area contributed by atoms with E-state index in [1.165, 1.54) is 0 Å². The predicted octanol–water partition coefficient (Wildman–Crippen LogP) is 0.933. The molecule has 0 saturated heterocycles. The second kappa shape index (κ2) is 9.20. The summed E-state index contributed by atoms with van der Waals surface area (Å²) in [6.07, 6.45) is -0.103.